The summed E-state index contributed by atoms with van der Waals surface area (Å²) in [5.41, 5.74) is 0.986. The van der Waals surface area contributed by atoms with Crippen LogP contribution in [0.25, 0.3) is 0 Å². The van der Waals surface area contributed by atoms with Gasteiger partial charge in [0.2, 0.25) is 0 Å². The van der Waals surface area contributed by atoms with Gasteiger partial charge in [-0.1, -0.05) is 17.7 Å². The predicted octanol–water partition coefficient (Wildman–Crippen LogP) is 4.09. The number of rotatable bonds is 4. The van der Waals surface area contributed by atoms with E-state index in [9.17, 15) is 4.79 Å². The van der Waals surface area contributed by atoms with Crippen molar-refractivity contribution in [2.24, 2.45) is 4.99 Å². The van der Waals surface area contributed by atoms with Crippen molar-refractivity contribution in [3.05, 3.63) is 51.7 Å². The third-order valence-electron chi connectivity index (χ3n) is 2.29. The highest BCUT2D eigenvalue weighted by atomic mass is 35.5. The maximum absolute atomic E-state index is 11.9. The molecule has 98 valence electrons. The molecule has 2 rings (SSSR count). The van der Waals surface area contributed by atoms with Crippen LogP contribution < -0.4 is 0 Å². The van der Waals surface area contributed by atoms with Crippen molar-refractivity contribution in [1.82, 2.24) is 0 Å². The molecule has 0 saturated heterocycles. The number of carbonyl (C=O) groups is 1. The molecule has 0 fully saturated rings. The third-order valence-corrected chi connectivity index (χ3v) is 3.42. The second kappa shape index (κ2) is 6.50. The molecule has 0 aliphatic rings. The fourth-order valence-electron chi connectivity index (χ4n) is 1.46. The highest BCUT2D eigenvalue weighted by Crippen LogP contribution is 2.20. The fourth-order valence-corrected chi connectivity index (χ4v) is 2.29. The first-order valence-corrected chi connectivity index (χ1v) is 7.01. The second-order valence-corrected chi connectivity index (χ2v) is 5.02. The third kappa shape index (κ3) is 3.66. The molecule has 0 unspecified atom stereocenters. The van der Waals surface area contributed by atoms with E-state index in [4.69, 9.17) is 16.3 Å². The number of halogens is 1. The van der Waals surface area contributed by atoms with Gasteiger partial charge in [0.25, 0.3) is 0 Å². The molecule has 0 radical (unpaired) electrons. The Morgan fingerprint density at radius 2 is 2.05 bits per heavy atom. The van der Waals surface area contributed by atoms with Crippen molar-refractivity contribution in [1.29, 1.82) is 0 Å². The average molecular weight is 294 g/mol. The van der Waals surface area contributed by atoms with E-state index >= 15 is 0 Å². The molecular weight excluding hydrogens is 282 g/mol. The lowest BCUT2D eigenvalue weighted by atomic mass is 10.2. The van der Waals surface area contributed by atoms with Gasteiger partial charge < -0.3 is 4.74 Å². The molecule has 2 aromatic rings. The normalized spacial score (nSPS) is 11.4. The minimum Gasteiger partial charge on any atom is -0.461 e. The van der Waals surface area contributed by atoms with Crippen LogP contribution in [0.15, 0.2) is 46.8 Å². The minimum absolute atomic E-state index is 0.319. The van der Waals surface area contributed by atoms with E-state index in [1.165, 1.54) is 11.3 Å². The van der Waals surface area contributed by atoms with Gasteiger partial charge in [-0.3, -0.25) is 0 Å². The molecule has 0 atom stereocenters. The molecule has 5 heteroatoms. The zero-order chi connectivity index (χ0) is 13.7. The van der Waals surface area contributed by atoms with Gasteiger partial charge in [-0.25, -0.2) is 9.79 Å². The number of benzene rings is 1. The zero-order valence-electron chi connectivity index (χ0n) is 10.3. The van der Waals surface area contributed by atoms with Crippen LogP contribution in [0.3, 0.4) is 0 Å². The number of hydrogen-bond acceptors (Lipinski definition) is 4. The Bertz CT molecular complexity index is 576. The summed E-state index contributed by atoms with van der Waals surface area (Å²) in [7, 11) is 0. The van der Waals surface area contributed by atoms with Gasteiger partial charge in [-0.2, -0.15) is 0 Å². The number of nitrogens with zero attached hydrogens (tertiary/aromatic N) is 1. The van der Waals surface area contributed by atoms with Gasteiger partial charge in [0.1, 0.15) is 0 Å². The summed E-state index contributed by atoms with van der Waals surface area (Å²) < 4.78 is 5.03. The van der Waals surface area contributed by atoms with Crippen LogP contribution in [0.2, 0.25) is 5.02 Å². The van der Waals surface area contributed by atoms with E-state index in [0.717, 1.165) is 4.88 Å². The number of aliphatic imine (C=N–C) groups is 1. The Labute approximate surface area is 120 Å². The van der Waals surface area contributed by atoms with Crippen molar-refractivity contribution < 1.29 is 9.53 Å². The number of carbonyl (C=O) groups excluding carboxylic acids is 1. The van der Waals surface area contributed by atoms with E-state index in [1.807, 2.05) is 17.5 Å². The molecule has 1 aromatic carbocycles. The first-order chi connectivity index (χ1) is 9.20. The average Bonchev–Trinajstić information content (AvgIpc) is 2.92. The van der Waals surface area contributed by atoms with Crippen molar-refractivity contribution in [2.45, 2.75) is 6.92 Å². The van der Waals surface area contributed by atoms with Crippen molar-refractivity contribution in [3.63, 3.8) is 0 Å². The van der Waals surface area contributed by atoms with E-state index in [-0.39, 0.29) is 0 Å². The van der Waals surface area contributed by atoms with Crippen LogP contribution in [0, 0.1) is 0 Å². The number of esters is 1. The van der Waals surface area contributed by atoms with Gasteiger partial charge in [0, 0.05) is 5.02 Å². The Kier molecular flexibility index (Phi) is 4.71. The summed E-state index contributed by atoms with van der Waals surface area (Å²) >= 11 is 7.27. The van der Waals surface area contributed by atoms with Gasteiger partial charge >= 0.3 is 5.97 Å². The number of thiophene rings is 1. The standard InChI is InChI=1S/C14H12ClNO2S/c1-2-18-14(17)13(12-4-3-9-19-12)16-11-7-5-10(15)6-8-11/h3-9H,2H2,1H3/b16-13+. The fraction of sp³-hybridized carbons (Fsp3) is 0.143. The number of ether oxygens (including phenoxy) is 1. The lowest BCUT2D eigenvalue weighted by Gasteiger charge is -2.04. The number of hydrogen-bond donors (Lipinski definition) is 0. The SMILES string of the molecule is CCOC(=O)/C(=N/c1ccc(Cl)cc1)c1cccs1. The van der Waals surface area contributed by atoms with Crippen molar-refractivity contribution in [2.75, 3.05) is 6.61 Å². The molecule has 0 bridgehead atoms. The van der Waals surface area contributed by atoms with Crippen molar-refractivity contribution in [3.8, 4) is 0 Å². The first kappa shape index (κ1) is 13.8. The molecule has 0 aliphatic carbocycles. The second-order valence-electron chi connectivity index (χ2n) is 3.63. The van der Waals surface area contributed by atoms with Crippen LogP contribution in [0.5, 0.6) is 0 Å². The quantitative estimate of drug-likeness (QED) is 0.629. The van der Waals surface area contributed by atoms with E-state index in [0.29, 0.717) is 23.0 Å². The largest absolute Gasteiger partial charge is 0.461 e. The van der Waals surface area contributed by atoms with Crippen LogP contribution in [-0.2, 0) is 9.53 Å². The van der Waals surface area contributed by atoms with E-state index < -0.39 is 5.97 Å². The van der Waals surface area contributed by atoms with Crippen LogP contribution in [0.1, 0.15) is 11.8 Å². The Morgan fingerprint density at radius 1 is 1.32 bits per heavy atom. The smallest absolute Gasteiger partial charge is 0.358 e. The maximum atomic E-state index is 11.9. The molecule has 0 amide bonds. The van der Waals surface area contributed by atoms with Gasteiger partial charge in [0.15, 0.2) is 5.71 Å². The Balaban J connectivity index is 2.37. The highest BCUT2D eigenvalue weighted by molar-refractivity contribution is 7.13. The summed E-state index contributed by atoms with van der Waals surface area (Å²) in [6.07, 6.45) is 0. The molecule has 0 N–H and O–H groups in total. The molecule has 3 nitrogen and oxygen atoms in total. The molecule has 1 aromatic heterocycles. The summed E-state index contributed by atoms with van der Waals surface area (Å²) in [6.45, 7) is 2.09. The molecule has 0 spiro atoms. The highest BCUT2D eigenvalue weighted by Gasteiger charge is 2.16. The predicted molar refractivity (Wildman–Crippen MR) is 78.6 cm³/mol. The maximum Gasteiger partial charge on any atom is 0.358 e. The summed E-state index contributed by atoms with van der Waals surface area (Å²) in [5, 5.41) is 2.53. The Morgan fingerprint density at radius 3 is 2.63 bits per heavy atom. The molecule has 0 saturated carbocycles. The lowest BCUT2D eigenvalue weighted by Crippen LogP contribution is -2.17. The monoisotopic (exact) mass is 293 g/mol. The topological polar surface area (TPSA) is 38.7 Å². The van der Waals surface area contributed by atoms with Gasteiger partial charge in [0.05, 0.1) is 17.2 Å². The minimum atomic E-state index is -0.417. The lowest BCUT2D eigenvalue weighted by molar-refractivity contribution is -0.134. The van der Waals surface area contributed by atoms with Gasteiger partial charge in [-0.05, 0) is 42.6 Å². The molecule has 19 heavy (non-hydrogen) atoms. The van der Waals surface area contributed by atoms with Crippen LogP contribution in [-0.4, -0.2) is 18.3 Å². The van der Waals surface area contributed by atoms with Crippen molar-refractivity contribution >= 4 is 40.3 Å². The summed E-state index contributed by atoms with van der Waals surface area (Å²) in [6, 6.07) is 10.7. The summed E-state index contributed by atoms with van der Waals surface area (Å²) in [5.74, 6) is -0.417. The van der Waals surface area contributed by atoms with E-state index in [1.54, 1.807) is 31.2 Å². The first-order valence-electron chi connectivity index (χ1n) is 5.76. The summed E-state index contributed by atoms with van der Waals surface area (Å²) in [4.78, 5) is 17.1. The molecule has 0 aliphatic heterocycles. The molecular formula is C14H12ClNO2S. The van der Waals surface area contributed by atoms with E-state index in [2.05, 4.69) is 4.99 Å². The Hall–Kier alpha value is -1.65. The molecule has 1 heterocycles. The van der Waals surface area contributed by atoms with Crippen LogP contribution >= 0.6 is 22.9 Å². The van der Waals surface area contributed by atoms with Gasteiger partial charge in [-0.15, -0.1) is 11.3 Å². The van der Waals surface area contributed by atoms with Crippen LogP contribution in [0.4, 0.5) is 5.69 Å². The zero-order valence-corrected chi connectivity index (χ0v) is 11.9.